The number of hydrogen-bond acceptors (Lipinski definition) is 6. The molecule has 0 spiro atoms. The summed E-state index contributed by atoms with van der Waals surface area (Å²) in [4.78, 5) is 29.9. The van der Waals surface area contributed by atoms with Crippen molar-refractivity contribution in [2.24, 2.45) is 5.10 Å². The molecule has 0 aliphatic heterocycles. The first-order valence-corrected chi connectivity index (χ1v) is 16.5. The van der Waals surface area contributed by atoms with Crippen LogP contribution >= 0.6 is 66.7 Å². The van der Waals surface area contributed by atoms with E-state index in [9.17, 15) is 9.59 Å². The van der Waals surface area contributed by atoms with Gasteiger partial charge in [0.15, 0.2) is 17.2 Å². The van der Waals surface area contributed by atoms with Crippen molar-refractivity contribution in [2.45, 2.75) is 13.8 Å². The maximum absolute atomic E-state index is 13.5. The van der Waals surface area contributed by atoms with E-state index >= 15 is 0 Å². The molecule has 5 aromatic rings. The van der Waals surface area contributed by atoms with Crippen LogP contribution in [0.4, 0.5) is 0 Å². The van der Waals surface area contributed by atoms with Crippen LogP contribution in [0, 0.1) is 0 Å². The van der Waals surface area contributed by atoms with Crippen LogP contribution < -0.4 is 19.6 Å². The zero-order valence-corrected chi connectivity index (χ0v) is 29.7. The number of halogens is 5. The summed E-state index contributed by atoms with van der Waals surface area (Å²) in [5.74, 6) is -0.0762. The largest absolute Gasteiger partial charge is 0.490 e. The fourth-order valence-electron chi connectivity index (χ4n) is 4.66. The van der Waals surface area contributed by atoms with E-state index in [0.29, 0.717) is 76.3 Å². The zero-order valence-electron chi connectivity index (χ0n) is 24.2. The van der Waals surface area contributed by atoms with Crippen molar-refractivity contribution in [1.29, 1.82) is 0 Å². The van der Waals surface area contributed by atoms with E-state index in [2.05, 4.69) is 47.4 Å². The molecule has 1 aromatic heterocycles. The number of fused-ring (bicyclic) bond motifs is 1. The number of aromatic amines is 1. The van der Waals surface area contributed by atoms with E-state index in [-0.39, 0.29) is 17.0 Å². The summed E-state index contributed by atoms with van der Waals surface area (Å²) < 4.78 is 18.2. The summed E-state index contributed by atoms with van der Waals surface area (Å²) in [5.41, 5.74) is 4.99. The first kappa shape index (κ1) is 33.8. The Hall–Kier alpha value is -3.54. The van der Waals surface area contributed by atoms with Crippen LogP contribution in [-0.2, 0) is 0 Å². The highest BCUT2D eigenvalue weighted by Crippen LogP contribution is 2.40. The monoisotopic (exact) mass is 805 g/mol. The molecule has 2 N–H and O–H groups in total. The summed E-state index contributed by atoms with van der Waals surface area (Å²) >= 11 is 26.2. The van der Waals surface area contributed by atoms with Gasteiger partial charge in [-0.1, -0.05) is 68.9 Å². The molecule has 0 aliphatic carbocycles. The number of aromatic nitrogens is 1. The Morgan fingerprint density at radius 1 is 0.913 bits per heavy atom. The molecule has 1 heterocycles. The van der Waals surface area contributed by atoms with Gasteiger partial charge in [0.25, 0.3) is 5.91 Å². The van der Waals surface area contributed by atoms with Crippen molar-refractivity contribution in [1.82, 2.24) is 10.4 Å². The molecule has 236 valence electrons. The molecule has 0 unspecified atom stereocenters. The molecule has 4 aromatic carbocycles. The van der Waals surface area contributed by atoms with Crippen molar-refractivity contribution < 1.29 is 23.8 Å². The second-order valence-corrected chi connectivity index (χ2v) is 12.6. The van der Waals surface area contributed by atoms with E-state index in [0.717, 1.165) is 0 Å². The third-order valence-corrected chi connectivity index (χ3v) is 8.47. The van der Waals surface area contributed by atoms with Crippen LogP contribution in [0.15, 0.2) is 80.8 Å². The smallest absolute Gasteiger partial charge is 0.343 e. The minimum absolute atomic E-state index is 0.173. The molecule has 0 aliphatic rings. The summed E-state index contributed by atoms with van der Waals surface area (Å²) in [7, 11) is 0. The van der Waals surface area contributed by atoms with Crippen molar-refractivity contribution in [3.8, 4) is 28.4 Å². The maximum atomic E-state index is 13.5. The number of esters is 1. The number of hydrogen-bond donors (Lipinski definition) is 2. The van der Waals surface area contributed by atoms with Crippen LogP contribution in [0.2, 0.25) is 15.1 Å². The average Bonchev–Trinajstić information content (AvgIpc) is 3.39. The zero-order chi connectivity index (χ0) is 33.0. The van der Waals surface area contributed by atoms with Crippen LogP contribution in [0.1, 0.15) is 40.3 Å². The lowest BCUT2D eigenvalue weighted by Crippen LogP contribution is -2.19. The van der Waals surface area contributed by atoms with E-state index in [4.69, 9.17) is 49.0 Å². The molecule has 1 amide bonds. The second-order valence-electron chi connectivity index (χ2n) is 9.59. The Bertz CT molecular complexity index is 2000. The third-order valence-electron chi connectivity index (χ3n) is 6.58. The van der Waals surface area contributed by atoms with Gasteiger partial charge in [0.1, 0.15) is 5.69 Å². The van der Waals surface area contributed by atoms with Crippen LogP contribution in [-0.4, -0.2) is 36.3 Å². The minimum Gasteiger partial charge on any atom is -0.490 e. The number of ether oxygens (including phenoxy) is 3. The molecule has 0 saturated heterocycles. The van der Waals surface area contributed by atoms with Gasteiger partial charge in [-0.05, 0) is 78.3 Å². The van der Waals surface area contributed by atoms with Gasteiger partial charge in [-0.25, -0.2) is 10.2 Å². The van der Waals surface area contributed by atoms with Gasteiger partial charge in [-0.15, -0.1) is 0 Å². The topological polar surface area (TPSA) is 102 Å². The predicted molar refractivity (Wildman–Crippen MR) is 189 cm³/mol. The lowest BCUT2D eigenvalue weighted by molar-refractivity contribution is 0.0732. The van der Waals surface area contributed by atoms with Crippen molar-refractivity contribution >= 4 is 95.7 Å². The Labute approximate surface area is 296 Å². The predicted octanol–water partition coefficient (Wildman–Crippen LogP) is 10.1. The highest BCUT2D eigenvalue weighted by atomic mass is 79.9. The molecule has 0 atom stereocenters. The number of amides is 1. The van der Waals surface area contributed by atoms with Gasteiger partial charge in [0.2, 0.25) is 0 Å². The number of benzene rings is 4. The quantitative estimate of drug-likeness (QED) is 0.0633. The number of carbonyl (C=O) groups excluding carboxylic acids is 2. The van der Waals surface area contributed by atoms with Gasteiger partial charge in [0.05, 0.1) is 40.0 Å². The van der Waals surface area contributed by atoms with E-state index in [1.165, 1.54) is 6.21 Å². The van der Waals surface area contributed by atoms with Crippen molar-refractivity contribution in [2.75, 3.05) is 13.2 Å². The summed E-state index contributed by atoms with van der Waals surface area (Å²) in [5, 5.41) is 5.96. The van der Waals surface area contributed by atoms with Gasteiger partial charge in [-0.2, -0.15) is 5.10 Å². The fraction of sp³-hybridized carbons (Fsp3) is 0.121. The highest BCUT2D eigenvalue weighted by molar-refractivity contribution is 9.11. The number of carbonyl (C=O) groups is 2. The lowest BCUT2D eigenvalue weighted by Gasteiger charge is -2.13. The van der Waals surface area contributed by atoms with E-state index in [1.54, 1.807) is 60.7 Å². The Kier molecular flexibility index (Phi) is 11.0. The van der Waals surface area contributed by atoms with Crippen molar-refractivity contribution in [3.05, 3.63) is 108 Å². The first-order chi connectivity index (χ1) is 22.1. The minimum atomic E-state index is -0.635. The Balaban J connectivity index is 1.45. The fourth-order valence-corrected chi connectivity index (χ4v) is 6.77. The number of nitrogens with zero attached hydrogens (tertiary/aromatic N) is 1. The molecule has 46 heavy (non-hydrogen) atoms. The van der Waals surface area contributed by atoms with Crippen LogP contribution in [0.5, 0.6) is 17.2 Å². The Morgan fingerprint density at radius 3 is 2.39 bits per heavy atom. The van der Waals surface area contributed by atoms with Crippen molar-refractivity contribution in [3.63, 3.8) is 0 Å². The van der Waals surface area contributed by atoms with E-state index < -0.39 is 11.9 Å². The number of rotatable bonds is 10. The van der Waals surface area contributed by atoms with Gasteiger partial charge in [-0.3, -0.25) is 4.79 Å². The third kappa shape index (κ3) is 7.37. The molecule has 5 rings (SSSR count). The molecule has 0 radical (unpaired) electrons. The highest BCUT2D eigenvalue weighted by Gasteiger charge is 2.23. The molecular weight excluding hydrogens is 785 g/mol. The van der Waals surface area contributed by atoms with Crippen LogP contribution in [0.25, 0.3) is 22.0 Å². The molecule has 0 fully saturated rings. The standard InChI is InChI=1S/C33H24Br2Cl3N3O5/c1-3-44-26-10-9-17(12-27(26)45-4-2)33(43)46-31-18(11-19(34)13-23(31)35)16-39-41-32(42)30-28(21-7-5-6-8-24(21)37)22-14-20(36)15-25(38)29(22)40-30/h5-16,40H,3-4H2,1-2H3,(H,41,42). The normalized spacial score (nSPS) is 11.2. The summed E-state index contributed by atoms with van der Waals surface area (Å²) in [6.07, 6.45) is 1.36. The summed E-state index contributed by atoms with van der Waals surface area (Å²) in [6, 6.07) is 18.6. The Morgan fingerprint density at radius 2 is 1.65 bits per heavy atom. The summed E-state index contributed by atoms with van der Waals surface area (Å²) in [6.45, 7) is 4.53. The van der Waals surface area contributed by atoms with Gasteiger partial charge >= 0.3 is 5.97 Å². The lowest BCUT2D eigenvalue weighted by atomic mass is 10.0. The average molecular weight is 809 g/mol. The molecule has 0 saturated carbocycles. The number of H-pyrrole nitrogens is 1. The molecular formula is C33H24Br2Cl3N3O5. The van der Waals surface area contributed by atoms with Gasteiger partial charge in [0, 0.05) is 36.6 Å². The van der Waals surface area contributed by atoms with E-state index in [1.807, 2.05) is 19.9 Å². The number of nitrogens with one attached hydrogen (secondary N) is 2. The second kappa shape index (κ2) is 14.9. The molecule has 8 nitrogen and oxygen atoms in total. The van der Waals surface area contributed by atoms with Gasteiger partial charge < -0.3 is 19.2 Å². The maximum Gasteiger partial charge on any atom is 0.343 e. The first-order valence-electron chi connectivity index (χ1n) is 13.8. The molecule has 0 bridgehead atoms. The number of hydrazone groups is 1. The molecule has 13 heteroatoms. The van der Waals surface area contributed by atoms with Crippen LogP contribution in [0.3, 0.4) is 0 Å². The SMILES string of the molecule is CCOc1ccc(C(=O)Oc2c(Br)cc(Br)cc2C=NNC(=O)c2[nH]c3c(Cl)cc(Cl)cc3c2-c2ccccc2Cl)cc1OCC.